The number of thiophene rings is 1. The average Bonchev–Trinajstić information content (AvgIpc) is 3.76. The molecule has 7 aromatic carbocycles. The van der Waals surface area contributed by atoms with Crippen LogP contribution in [0.2, 0.25) is 0 Å². The summed E-state index contributed by atoms with van der Waals surface area (Å²) in [4.78, 5) is 0. The van der Waals surface area contributed by atoms with Crippen molar-refractivity contribution in [3.05, 3.63) is 158 Å². The highest BCUT2D eigenvalue weighted by atomic mass is 32.1. The van der Waals surface area contributed by atoms with Gasteiger partial charge in [-0.1, -0.05) is 103 Å². The standard InChI is InChI=1S/C42H26N2S/c1-5-19-37-31(13-1)32-14-2-6-20-38(32)43(37)28-12-9-11-27(25-28)30-17-10-18-35-36-26-29(23-24-41(36)45-42(30)35)44-39-21-7-3-15-33(39)34-16-4-8-22-40(34)44/h1-26H. The third-order valence-corrected chi connectivity index (χ3v) is 10.5. The molecule has 0 aliphatic heterocycles. The number of hydrogen-bond acceptors (Lipinski definition) is 1. The molecule has 45 heavy (non-hydrogen) atoms. The molecule has 210 valence electrons. The Morgan fingerprint density at radius 1 is 0.356 bits per heavy atom. The average molecular weight is 591 g/mol. The van der Waals surface area contributed by atoms with Crippen LogP contribution in [0, 0.1) is 0 Å². The maximum Gasteiger partial charge on any atom is 0.0541 e. The van der Waals surface area contributed by atoms with Crippen LogP contribution in [0.25, 0.3) is 86.3 Å². The first-order valence-corrected chi connectivity index (χ1v) is 16.2. The molecule has 0 aliphatic rings. The van der Waals surface area contributed by atoms with Crippen LogP contribution in [0.1, 0.15) is 0 Å². The van der Waals surface area contributed by atoms with E-state index in [1.165, 1.54) is 86.3 Å². The first-order chi connectivity index (χ1) is 22.3. The quantitative estimate of drug-likeness (QED) is 0.194. The lowest BCUT2D eigenvalue weighted by Crippen LogP contribution is -1.94. The Kier molecular flexibility index (Phi) is 5.19. The van der Waals surface area contributed by atoms with Crippen LogP contribution in [-0.2, 0) is 0 Å². The summed E-state index contributed by atoms with van der Waals surface area (Å²) in [6, 6.07) is 57.6. The third kappa shape index (κ3) is 3.56. The Labute approximate surface area is 263 Å². The first-order valence-electron chi connectivity index (χ1n) is 15.4. The Morgan fingerprint density at radius 2 is 0.844 bits per heavy atom. The minimum absolute atomic E-state index is 1.18. The first kappa shape index (κ1) is 24.8. The normalized spacial score (nSPS) is 12.0. The van der Waals surface area contributed by atoms with Gasteiger partial charge in [0, 0.05) is 53.1 Å². The smallest absolute Gasteiger partial charge is 0.0541 e. The van der Waals surface area contributed by atoms with E-state index in [2.05, 4.69) is 167 Å². The van der Waals surface area contributed by atoms with Gasteiger partial charge in [0.05, 0.1) is 22.1 Å². The van der Waals surface area contributed by atoms with Crippen LogP contribution in [0.15, 0.2) is 158 Å². The monoisotopic (exact) mass is 590 g/mol. The predicted molar refractivity (Wildman–Crippen MR) is 193 cm³/mol. The largest absolute Gasteiger partial charge is 0.309 e. The number of benzene rings is 7. The van der Waals surface area contributed by atoms with Crippen LogP contribution < -0.4 is 0 Å². The Hall–Kier alpha value is -5.64. The van der Waals surface area contributed by atoms with Gasteiger partial charge in [0.25, 0.3) is 0 Å². The third-order valence-electron chi connectivity index (χ3n) is 9.31. The van der Waals surface area contributed by atoms with Crippen LogP contribution >= 0.6 is 11.3 Å². The summed E-state index contributed by atoms with van der Waals surface area (Å²) in [6.45, 7) is 0. The molecule has 0 aliphatic carbocycles. The summed E-state index contributed by atoms with van der Waals surface area (Å²) in [6.07, 6.45) is 0. The van der Waals surface area contributed by atoms with E-state index in [0.717, 1.165) is 0 Å². The van der Waals surface area contributed by atoms with E-state index in [0.29, 0.717) is 0 Å². The number of para-hydroxylation sites is 4. The van der Waals surface area contributed by atoms with Gasteiger partial charge in [-0.3, -0.25) is 0 Å². The van der Waals surface area contributed by atoms with E-state index in [9.17, 15) is 0 Å². The second-order valence-corrected chi connectivity index (χ2v) is 12.8. The van der Waals surface area contributed by atoms with Gasteiger partial charge in [-0.25, -0.2) is 0 Å². The molecule has 0 fully saturated rings. The molecule has 0 spiro atoms. The van der Waals surface area contributed by atoms with Crippen LogP contribution in [0.5, 0.6) is 0 Å². The number of fused-ring (bicyclic) bond motifs is 9. The number of rotatable bonds is 3. The molecule has 0 radical (unpaired) electrons. The van der Waals surface area contributed by atoms with Crippen molar-refractivity contribution in [3.63, 3.8) is 0 Å². The van der Waals surface area contributed by atoms with Crippen molar-refractivity contribution < 1.29 is 0 Å². The fourth-order valence-electron chi connectivity index (χ4n) is 7.37. The molecule has 3 heterocycles. The highest BCUT2D eigenvalue weighted by Gasteiger charge is 2.16. The van der Waals surface area contributed by atoms with E-state index in [-0.39, 0.29) is 0 Å². The second-order valence-electron chi connectivity index (χ2n) is 11.8. The summed E-state index contributed by atoms with van der Waals surface area (Å²) in [5, 5.41) is 7.74. The number of nitrogens with zero attached hydrogens (tertiary/aromatic N) is 2. The summed E-state index contributed by atoms with van der Waals surface area (Å²) in [5.74, 6) is 0. The van der Waals surface area contributed by atoms with Crippen molar-refractivity contribution >= 4 is 75.1 Å². The molecule has 10 rings (SSSR count). The molecule has 0 unspecified atom stereocenters. The van der Waals surface area contributed by atoms with E-state index in [4.69, 9.17) is 0 Å². The predicted octanol–water partition coefficient (Wildman–Crippen LogP) is 11.9. The van der Waals surface area contributed by atoms with Crippen molar-refractivity contribution in [3.8, 4) is 22.5 Å². The number of hydrogen-bond donors (Lipinski definition) is 0. The SMILES string of the molecule is c1cc(-c2cccc3c2sc2ccc(-n4c5ccccc5c5ccccc54)cc23)cc(-n2c3ccccc3c3ccccc32)c1. The van der Waals surface area contributed by atoms with Crippen molar-refractivity contribution in [1.82, 2.24) is 9.13 Å². The fourth-order valence-corrected chi connectivity index (χ4v) is 8.59. The molecular formula is C42H26N2S. The molecule has 0 atom stereocenters. The summed E-state index contributed by atoms with van der Waals surface area (Å²) < 4.78 is 7.44. The Balaban J connectivity index is 1.17. The molecule has 0 bridgehead atoms. The summed E-state index contributed by atoms with van der Waals surface area (Å²) in [5.41, 5.74) is 9.81. The molecule has 0 N–H and O–H groups in total. The van der Waals surface area contributed by atoms with Crippen LogP contribution in [-0.4, -0.2) is 9.13 Å². The zero-order chi connectivity index (χ0) is 29.5. The minimum atomic E-state index is 1.18. The van der Waals surface area contributed by atoms with Crippen molar-refractivity contribution in [2.45, 2.75) is 0 Å². The van der Waals surface area contributed by atoms with Gasteiger partial charge in [0.15, 0.2) is 0 Å². The van der Waals surface area contributed by atoms with Crippen LogP contribution in [0.4, 0.5) is 0 Å². The highest BCUT2D eigenvalue weighted by Crippen LogP contribution is 2.42. The lowest BCUT2D eigenvalue weighted by atomic mass is 10.0. The fraction of sp³-hybridized carbons (Fsp3) is 0. The second kappa shape index (κ2) is 9.43. The van der Waals surface area contributed by atoms with E-state index in [1.807, 2.05) is 11.3 Å². The van der Waals surface area contributed by atoms with Crippen molar-refractivity contribution in [1.29, 1.82) is 0 Å². The summed E-state index contributed by atoms with van der Waals surface area (Å²) >= 11 is 1.89. The van der Waals surface area contributed by atoms with Gasteiger partial charge >= 0.3 is 0 Å². The van der Waals surface area contributed by atoms with Gasteiger partial charge in [0.2, 0.25) is 0 Å². The van der Waals surface area contributed by atoms with Crippen molar-refractivity contribution in [2.75, 3.05) is 0 Å². The van der Waals surface area contributed by atoms with Gasteiger partial charge in [-0.05, 0) is 65.7 Å². The highest BCUT2D eigenvalue weighted by molar-refractivity contribution is 7.26. The van der Waals surface area contributed by atoms with Gasteiger partial charge in [0.1, 0.15) is 0 Å². The zero-order valence-corrected chi connectivity index (χ0v) is 25.1. The molecule has 0 saturated carbocycles. The Morgan fingerprint density at radius 3 is 1.42 bits per heavy atom. The van der Waals surface area contributed by atoms with E-state index < -0.39 is 0 Å². The molecular weight excluding hydrogens is 565 g/mol. The maximum absolute atomic E-state index is 2.41. The molecule has 2 nitrogen and oxygen atoms in total. The zero-order valence-electron chi connectivity index (χ0n) is 24.3. The lowest BCUT2D eigenvalue weighted by Gasteiger charge is -2.11. The van der Waals surface area contributed by atoms with Gasteiger partial charge < -0.3 is 9.13 Å². The van der Waals surface area contributed by atoms with Crippen molar-refractivity contribution in [2.24, 2.45) is 0 Å². The molecule has 0 saturated heterocycles. The van der Waals surface area contributed by atoms with Gasteiger partial charge in [-0.15, -0.1) is 11.3 Å². The molecule has 3 aromatic heterocycles. The van der Waals surface area contributed by atoms with Gasteiger partial charge in [-0.2, -0.15) is 0 Å². The van der Waals surface area contributed by atoms with E-state index in [1.54, 1.807) is 0 Å². The number of aromatic nitrogens is 2. The summed E-state index contributed by atoms with van der Waals surface area (Å²) in [7, 11) is 0. The maximum atomic E-state index is 2.41. The Bertz CT molecular complexity index is 2670. The molecule has 0 amide bonds. The van der Waals surface area contributed by atoms with E-state index >= 15 is 0 Å². The minimum Gasteiger partial charge on any atom is -0.309 e. The molecule has 10 aromatic rings. The lowest BCUT2D eigenvalue weighted by molar-refractivity contribution is 1.18. The van der Waals surface area contributed by atoms with Crippen LogP contribution in [0.3, 0.4) is 0 Å². The topological polar surface area (TPSA) is 9.86 Å². The molecule has 3 heteroatoms.